The van der Waals surface area contributed by atoms with Crippen molar-refractivity contribution in [1.82, 2.24) is 0 Å². The number of hydrogen-bond donors (Lipinski definition) is 3. The SMILES string of the molecule is CCCCCCCCCCCCCCCCCCCCCCC(S)(CC(=O)O)C(=O)O. The molecule has 1 atom stereocenters. The molecule has 0 saturated heterocycles. The topological polar surface area (TPSA) is 74.6 Å². The molecule has 0 aliphatic heterocycles. The van der Waals surface area contributed by atoms with E-state index in [1.807, 2.05) is 0 Å². The van der Waals surface area contributed by atoms with E-state index < -0.39 is 23.1 Å². The first kappa shape index (κ1) is 30.3. The Bertz CT molecular complexity index is 441. The Hall–Kier alpha value is -0.710. The van der Waals surface area contributed by atoms with Crippen LogP contribution >= 0.6 is 12.6 Å². The quantitative estimate of drug-likeness (QED) is 0.100. The van der Waals surface area contributed by atoms with E-state index in [1.165, 1.54) is 109 Å². The molecule has 0 aliphatic rings. The summed E-state index contributed by atoms with van der Waals surface area (Å²) in [6.07, 6.45) is 26.0. The summed E-state index contributed by atoms with van der Waals surface area (Å²) in [4.78, 5) is 22.1. The lowest BCUT2D eigenvalue weighted by atomic mass is 9.96. The highest BCUT2D eigenvalue weighted by Gasteiger charge is 2.36. The van der Waals surface area contributed by atoms with E-state index in [2.05, 4.69) is 19.6 Å². The van der Waals surface area contributed by atoms with E-state index in [0.29, 0.717) is 6.42 Å². The minimum absolute atomic E-state index is 0.316. The van der Waals surface area contributed by atoms with Gasteiger partial charge in [-0.25, -0.2) is 0 Å². The summed E-state index contributed by atoms with van der Waals surface area (Å²) in [6.45, 7) is 2.27. The molecule has 0 heterocycles. The Kier molecular flexibility index (Phi) is 20.7. The van der Waals surface area contributed by atoms with Gasteiger partial charge in [0.2, 0.25) is 0 Å². The van der Waals surface area contributed by atoms with Crippen molar-refractivity contribution in [2.24, 2.45) is 0 Å². The molecule has 0 spiro atoms. The summed E-state index contributed by atoms with van der Waals surface area (Å²) in [5, 5.41) is 18.1. The summed E-state index contributed by atoms with van der Waals surface area (Å²) in [7, 11) is 0. The molecule has 0 saturated carbocycles. The Morgan fingerprint density at radius 3 is 1.13 bits per heavy atom. The van der Waals surface area contributed by atoms with Crippen molar-refractivity contribution in [3.8, 4) is 0 Å². The molecule has 0 amide bonds. The number of rotatable bonds is 24. The van der Waals surface area contributed by atoms with Gasteiger partial charge in [0.15, 0.2) is 0 Å². The zero-order chi connectivity index (χ0) is 23.2. The molecule has 31 heavy (non-hydrogen) atoms. The van der Waals surface area contributed by atoms with Crippen LogP contribution in [0.15, 0.2) is 0 Å². The molecule has 0 radical (unpaired) electrons. The molecule has 0 aliphatic carbocycles. The van der Waals surface area contributed by atoms with Crippen LogP contribution in [0, 0.1) is 0 Å². The van der Waals surface area contributed by atoms with Crippen molar-refractivity contribution < 1.29 is 19.8 Å². The van der Waals surface area contributed by atoms with Crippen molar-refractivity contribution in [3.63, 3.8) is 0 Å². The predicted octanol–water partition coefficient (Wildman–Crippen LogP) is 8.43. The van der Waals surface area contributed by atoms with Gasteiger partial charge in [-0.2, -0.15) is 12.6 Å². The lowest BCUT2D eigenvalue weighted by molar-refractivity contribution is -0.146. The van der Waals surface area contributed by atoms with E-state index in [4.69, 9.17) is 5.11 Å². The molecule has 0 rings (SSSR count). The fourth-order valence-corrected chi connectivity index (χ4v) is 4.49. The fraction of sp³-hybridized carbons (Fsp3) is 0.923. The number of unbranched alkanes of at least 4 members (excludes halogenated alkanes) is 19. The number of aliphatic carboxylic acids is 2. The molecular weight excluding hydrogens is 408 g/mol. The highest BCUT2D eigenvalue weighted by atomic mass is 32.1. The Balaban J connectivity index is 3.31. The molecule has 5 heteroatoms. The maximum absolute atomic E-state index is 11.2. The first-order valence-corrected chi connectivity index (χ1v) is 13.5. The van der Waals surface area contributed by atoms with Crippen LogP contribution in [0.4, 0.5) is 0 Å². The largest absolute Gasteiger partial charge is 0.481 e. The van der Waals surface area contributed by atoms with Gasteiger partial charge >= 0.3 is 11.9 Å². The van der Waals surface area contributed by atoms with Crippen LogP contribution < -0.4 is 0 Å². The summed E-state index contributed by atoms with van der Waals surface area (Å²) < 4.78 is -1.43. The van der Waals surface area contributed by atoms with Gasteiger partial charge in [0.1, 0.15) is 4.75 Å². The van der Waals surface area contributed by atoms with Gasteiger partial charge in [-0.05, 0) is 6.42 Å². The molecule has 2 N–H and O–H groups in total. The average Bonchev–Trinajstić information content (AvgIpc) is 2.71. The van der Waals surface area contributed by atoms with Gasteiger partial charge in [0, 0.05) is 0 Å². The van der Waals surface area contributed by atoms with Crippen LogP contribution in [0.5, 0.6) is 0 Å². The minimum Gasteiger partial charge on any atom is -0.481 e. The predicted molar refractivity (Wildman–Crippen MR) is 134 cm³/mol. The number of carbonyl (C=O) groups is 2. The smallest absolute Gasteiger partial charge is 0.320 e. The van der Waals surface area contributed by atoms with Crippen LogP contribution in [0.3, 0.4) is 0 Å². The van der Waals surface area contributed by atoms with E-state index in [1.54, 1.807) is 0 Å². The van der Waals surface area contributed by atoms with Gasteiger partial charge in [0.25, 0.3) is 0 Å². The highest BCUT2D eigenvalue weighted by molar-refractivity contribution is 7.82. The Morgan fingerprint density at radius 1 is 0.581 bits per heavy atom. The summed E-state index contributed by atoms with van der Waals surface area (Å²) >= 11 is 4.11. The number of carboxylic acid groups (broad SMARTS) is 2. The molecule has 0 bridgehead atoms. The maximum atomic E-state index is 11.2. The molecule has 184 valence electrons. The first-order valence-electron chi connectivity index (χ1n) is 13.1. The zero-order valence-corrected chi connectivity index (χ0v) is 21.1. The van der Waals surface area contributed by atoms with Gasteiger partial charge in [-0.15, -0.1) is 0 Å². The second kappa shape index (κ2) is 21.2. The minimum atomic E-state index is -1.43. The lowest BCUT2D eigenvalue weighted by Gasteiger charge is -2.21. The normalized spacial score (nSPS) is 13.2. The van der Waals surface area contributed by atoms with Crippen molar-refractivity contribution >= 4 is 24.6 Å². The molecule has 0 aromatic rings. The third-order valence-corrected chi connectivity index (χ3v) is 6.86. The highest BCUT2D eigenvalue weighted by Crippen LogP contribution is 2.27. The number of hydrogen-bond acceptors (Lipinski definition) is 3. The Morgan fingerprint density at radius 2 is 0.871 bits per heavy atom. The monoisotopic (exact) mass is 458 g/mol. The zero-order valence-electron chi connectivity index (χ0n) is 20.2. The standard InChI is InChI=1S/C26H50O4S/c1-2-3-4-5-6-7-8-9-10-11-12-13-14-15-16-17-18-19-20-21-22-26(31,25(29)30)23-24(27)28/h31H,2-23H2,1H3,(H,27,28)(H,29,30). The second-order valence-corrected chi connectivity index (χ2v) is 10.2. The molecule has 0 aromatic carbocycles. The van der Waals surface area contributed by atoms with Crippen molar-refractivity contribution in [2.45, 2.75) is 153 Å². The molecular formula is C26H50O4S. The summed E-state index contributed by atoms with van der Waals surface area (Å²) in [5.41, 5.74) is 0. The van der Waals surface area contributed by atoms with Crippen LogP contribution in [-0.4, -0.2) is 26.9 Å². The van der Waals surface area contributed by atoms with Crippen LogP contribution in [0.25, 0.3) is 0 Å². The van der Waals surface area contributed by atoms with Crippen LogP contribution in [0.2, 0.25) is 0 Å². The lowest BCUT2D eigenvalue weighted by Crippen LogP contribution is -2.35. The Labute approximate surface area is 197 Å². The van der Waals surface area contributed by atoms with E-state index in [-0.39, 0.29) is 0 Å². The van der Waals surface area contributed by atoms with Gasteiger partial charge < -0.3 is 10.2 Å². The number of thiol groups is 1. The van der Waals surface area contributed by atoms with Crippen LogP contribution in [0.1, 0.15) is 148 Å². The van der Waals surface area contributed by atoms with Crippen LogP contribution in [-0.2, 0) is 9.59 Å². The molecule has 0 fully saturated rings. The molecule has 0 aromatic heterocycles. The average molecular weight is 459 g/mol. The molecule has 4 nitrogen and oxygen atoms in total. The van der Waals surface area contributed by atoms with Crippen molar-refractivity contribution in [2.75, 3.05) is 0 Å². The summed E-state index contributed by atoms with van der Waals surface area (Å²) in [6, 6.07) is 0. The van der Waals surface area contributed by atoms with Gasteiger partial charge in [-0.1, -0.05) is 135 Å². The van der Waals surface area contributed by atoms with E-state index in [0.717, 1.165) is 19.3 Å². The molecule has 1 unspecified atom stereocenters. The third kappa shape index (κ3) is 19.7. The third-order valence-electron chi connectivity index (χ3n) is 6.29. The first-order chi connectivity index (χ1) is 14.9. The van der Waals surface area contributed by atoms with E-state index >= 15 is 0 Å². The second-order valence-electron chi connectivity index (χ2n) is 9.37. The summed E-state index contributed by atoms with van der Waals surface area (Å²) in [5.74, 6) is -2.23. The van der Waals surface area contributed by atoms with Gasteiger partial charge in [0.05, 0.1) is 6.42 Å². The van der Waals surface area contributed by atoms with E-state index in [9.17, 15) is 14.7 Å². The fourth-order valence-electron chi connectivity index (χ4n) is 4.19. The van der Waals surface area contributed by atoms with Crippen molar-refractivity contribution in [1.29, 1.82) is 0 Å². The maximum Gasteiger partial charge on any atom is 0.320 e. The number of carboxylic acids is 2. The van der Waals surface area contributed by atoms with Gasteiger partial charge in [-0.3, -0.25) is 9.59 Å². The van der Waals surface area contributed by atoms with Crippen molar-refractivity contribution in [3.05, 3.63) is 0 Å².